The number of likely N-dealkylation sites (N-methyl/N-ethyl adjacent to an activating group) is 1. The third-order valence-electron chi connectivity index (χ3n) is 3.29. The lowest BCUT2D eigenvalue weighted by Crippen LogP contribution is -2.34. The number of carbonyl (C=O) groups excluding carboxylic acids is 2. The second kappa shape index (κ2) is 11.9. The standard InChI is InChI=1S/C16H24ClN3O3.ClH/c1-3-20(4-2)16(22)11-23-14-8-7-12(10-13(14)17)19-15(21)6-5-9-18;/h7-8,10H,3-6,9,11,18H2,1-2H3,(H,19,21);1H. The number of nitrogens with zero attached hydrogens (tertiary/aromatic N) is 1. The summed E-state index contributed by atoms with van der Waals surface area (Å²) in [4.78, 5) is 25.2. The van der Waals surface area contributed by atoms with Gasteiger partial charge in [-0.15, -0.1) is 12.4 Å². The molecule has 136 valence electrons. The van der Waals surface area contributed by atoms with Crippen molar-refractivity contribution in [1.29, 1.82) is 0 Å². The summed E-state index contributed by atoms with van der Waals surface area (Å²) < 4.78 is 5.46. The molecule has 8 heteroatoms. The molecule has 0 fully saturated rings. The van der Waals surface area contributed by atoms with Crippen LogP contribution in [0.4, 0.5) is 5.69 Å². The van der Waals surface area contributed by atoms with Crippen LogP contribution in [0.3, 0.4) is 0 Å². The Morgan fingerprint density at radius 2 is 1.96 bits per heavy atom. The molecule has 0 saturated carbocycles. The molecule has 0 aliphatic heterocycles. The van der Waals surface area contributed by atoms with Crippen LogP contribution in [-0.2, 0) is 9.59 Å². The zero-order chi connectivity index (χ0) is 17.2. The fourth-order valence-electron chi connectivity index (χ4n) is 1.99. The number of halogens is 2. The summed E-state index contributed by atoms with van der Waals surface area (Å²) >= 11 is 6.13. The van der Waals surface area contributed by atoms with Crippen LogP contribution in [0.1, 0.15) is 26.7 Å². The number of nitrogens with one attached hydrogen (secondary N) is 1. The Kier molecular flexibility index (Phi) is 11.2. The van der Waals surface area contributed by atoms with Gasteiger partial charge in [-0.25, -0.2) is 0 Å². The maximum atomic E-state index is 11.9. The van der Waals surface area contributed by atoms with Gasteiger partial charge in [0.2, 0.25) is 5.91 Å². The molecular weight excluding hydrogens is 353 g/mol. The van der Waals surface area contributed by atoms with Crippen molar-refractivity contribution in [3.8, 4) is 5.75 Å². The van der Waals surface area contributed by atoms with Gasteiger partial charge in [0.15, 0.2) is 6.61 Å². The van der Waals surface area contributed by atoms with E-state index in [0.717, 1.165) is 0 Å². The van der Waals surface area contributed by atoms with E-state index < -0.39 is 0 Å². The highest BCUT2D eigenvalue weighted by Gasteiger charge is 2.12. The molecule has 0 radical (unpaired) electrons. The first-order chi connectivity index (χ1) is 11.0. The Bertz CT molecular complexity index is 537. The smallest absolute Gasteiger partial charge is 0.260 e. The van der Waals surface area contributed by atoms with E-state index >= 15 is 0 Å². The summed E-state index contributed by atoms with van der Waals surface area (Å²) in [5.41, 5.74) is 5.95. The Hall–Kier alpha value is -1.50. The van der Waals surface area contributed by atoms with Gasteiger partial charge in [-0.3, -0.25) is 9.59 Å². The van der Waals surface area contributed by atoms with E-state index in [9.17, 15) is 9.59 Å². The number of carbonyl (C=O) groups is 2. The maximum Gasteiger partial charge on any atom is 0.260 e. The van der Waals surface area contributed by atoms with E-state index in [1.54, 1.807) is 23.1 Å². The molecule has 3 N–H and O–H groups in total. The summed E-state index contributed by atoms with van der Waals surface area (Å²) in [6.07, 6.45) is 0.999. The molecule has 0 atom stereocenters. The number of rotatable bonds is 9. The summed E-state index contributed by atoms with van der Waals surface area (Å²) in [5.74, 6) is 0.203. The number of ether oxygens (including phenoxy) is 1. The minimum atomic E-state index is -0.114. The van der Waals surface area contributed by atoms with Gasteiger partial charge in [0.1, 0.15) is 5.75 Å². The number of anilines is 1. The van der Waals surface area contributed by atoms with Crippen LogP contribution in [0.15, 0.2) is 18.2 Å². The van der Waals surface area contributed by atoms with Gasteiger partial charge in [0.05, 0.1) is 5.02 Å². The summed E-state index contributed by atoms with van der Waals surface area (Å²) in [5, 5.41) is 3.08. The third kappa shape index (κ3) is 7.38. The van der Waals surface area contributed by atoms with Crippen molar-refractivity contribution in [1.82, 2.24) is 4.90 Å². The molecule has 0 spiro atoms. The first-order valence-electron chi connectivity index (χ1n) is 7.71. The number of hydrogen-bond acceptors (Lipinski definition) is 4. The normalized spacial score (nSPS) is 9.83. The van der Waals surface area contributed by atoms with E-state index in [-0.39, 0.29) is 30.8 Å². The average molecular weight is 378 g/mol. The van der Waals surface area contributed by atoms with Crippen LogP contribution >= 0.6 is 24.0 Å². The molecule has 6 nitrogen and oxygen atoms in total. The minimum absolute atomic E-state index is 0. The summed E-state index contributed by atoms with van der Waals surface area (Å²) in [6.45, 7) is 5.51. The largest absolute Gasteiger partial charge is 0.482 e. The maximum absolute atomic E-state index is 11.9. The lowest BCUT2D eigenvalue weighted by Gasteiger charge is -2.19. The summed E-state index contributed by atoms with van der Waals surface area (Å²) in [7, 11) is 0. The lowest BCUT2D eigenvalue weighted by molar-refractivity contribution is -0.133. The van der Waals surface area contributed by atoms with Crippen molar-refractivity contribution < 1.29 is 14.3 Å². The van der Waals surface area contributed by atoms with E-state index in [4.69, 9.17) is 22.1 Å². The minimum Gasteiger partial charge on any atom is -0.482 e. The van der Waals surface area contributed by atoms with Crippen molar-refractivity contribution in [3.05, 3.63) is 23.2 Å². The molecule has 2 amide bonds. The lowest BCUT2D eigenvalue weighted by atomic mass is 10.2. The Morgan fingerprint density at radius 3 is 2.50 bits per heavy atom. The average Bonchev–Trinajstić information content (AvgIpc) is 2.53. The first kappa shape index (κ1) is 22.5. The summed E-state index contributed by atoms with van der Waals surface area (Å²) in [6, 6.07) is 4.92. The van der Waals surface area contributed by atoms with Crippen molar-refractivity contribution in [3.63, 3.8) is 0 Å². The van der Waals surface area contributed by atoms with Crippen LogP contribution in [-0.4, -0.2) is 43.0 Å². The number of benzene rings is 1. The zero-order valence-electron chi connectivity index (χ0n) is 14.0. The number of nitrogens with two attached hydrogens (primary N) is 1. The molecule has 0 unspecified atom stereocenters. The Balaban J connectivity index is 0.00000529. The molecule has 0 aliphatic carbocycles. The molecule has 0 saturated heterocycles. The van der Waals surface area contributed by atoms with Crippen molar-refractivity contribution in [2.75, 3.05) is 31.6 Å². The van der Waals surface area contributed by atoms with Gasteiger partial charge >= 0.3 is 0 Å². The van der Waals surface area contributed by atoms with Crippen molar-refractivity contribution >= 4 is 41.5 Å². The van der Waals surface area contributed by atoms with Gasteiger partial charge in [-0.2, -0.15) is 0 Å². The molecule has 0 aliphatic rings. The Labute approximate surface area is 154 Å². The number of hydrogen-bond donors (Lipinski definition) is 2. The molecule has 24 heavy (non-hydrogen) atoms. The van der Waals surface area contributed by atoms with Gasteiger partial charge in [0.25, 0.3) is 5.91 Å². The zero-order valence-corrected chi connectivity index (χ0v) is 15.6. The topological polar surface area (TPSA) is 84.7 Å². The molecule has 0 bridgehead atoms. The third-order valence-corrected chi connectivity index (χ3v) is 3.59. The predicted molar refractivity (Wildman–Crippen MR) is 99.0 cm³/mol. The van der Waals surface area contributed by atoms with Crippen LogP contribution in [0.2, 0.25) is 5.02 Å². The monoisotopic (exact) mass is 377 g/mol. The SMILES string of the molecule is CCN(CC)C(=O)COc1ccc(NC(=O)CCCN)cc1Cl.Cl. The fourth-order valence-corrected chi connectivity index (χ4v) is 2.22. The van der Waals surface area contributed by atoms with Crippen molar-refractivity contribution in [2.45, 2.75) is 26.7 Å². The van der Waals surface area contributed by atoms with Gasteiger partial charge in [-0.05, 0) is 45.0 Å². The van der Waals surface area contributed by atoms with Crippen LogP contribution < -0.4 is 15.8 Å². The quantitative estimate of drug-likeness (QED) is 0.692. The molecule has 0 aromatic heterocycles. The highest BCUT2D eigenvalue weighted by atomic mass is 35.5. The number of amides is 2. The van der Waals surface area contributed by atoms with Crippen LogP contribution in [0.25, 0.3) is 0 Å². The molecular formula is C16H25Cl2N3O3. The second-order valence-electron chi connectivity index (χ2n) is 4.94. The molecule has 1 aromatic rings. The van der Waals surface area contributed by atoms with Gasteiger partial charge in [0, 0.05) is 25.2 Å². The van der Waals surface area contributed by atoms with E-state index in [1.165, 1.54) is 0 Å². The van der Waals surface area contributed by atoms with Crippen molar-refractivity contribution in [2.24, 2.45) is 5.73 Å². The van der Waals surface area contributed by atoms with Gasteiger partial charge in [-0.1, -0.05) is 11.6 Å². The van der Waals surface area contributed by atoms with Gasteiger partial charge < -0.3 is 20.7 Å². The predicted octanol–water partition coefficient (Wildman–Crippen LogP) is 2.69. The van der Waals surface area contributed by atoms with E-state index in [2.05, 4.69) is 5.32 Å². The molecule has 1 rings (SSSR count). The molecule has 1 aromatic carbocycles. The molecule has 0 heterocycles. The fraction of sp³-hybridized carbons (Fsp3) is 0.500. The second-order valence-corrected chi connectivity index (χ2v) is 5.35. The van der Waals surface area contributed by atoms with Crippen LogP contribution in [0, 0.1) is 0 Å². The van der Waals surface area contributed by atoms with E-state index in [1.807, 2.05) is 13.8 Å². The van der Waals surface area contributed by atoms with Crippen LogP contribution in [0.5, 0.6) is 5.75 Å². The first-order valence-corrected chi connectivity index (χ1v) is 8.09. The van der Waals surface area contributed by atoms with E-state index in [0.29, 0.717) is 48.9 Å². The Morgan fingerprint density at radius 1 is 1.29 bits per heavy atom. The highest BCUT2D eigenvalue weighted by molar-refractivity contribution is 6.32. The highest BCUT2D eigenvalue weighted by Crippen LogP contribution is 2.27.